The number of hydrogen-bond acceptors (Lipinski definition) is 5. The molecule has 0 spiro atoms. The number of hydrogen-bond donors (Lipinski definition) is 1. The van der Waals surface area contributed by atoms with Crippen molar-refractivity contribution in [3.8, 4) is 0 Å². The van der Waals surface area contributed by atoms with Gasteiger partial charge in [-0.15, -0.1) is 11.3 Å². The molecule has 0 fully saturated rings. The summed E-state index contributed by atoms with van der Waals surface area (Å²) < 4.78 is 23.8. The molecule has 18 heavy (non-hydrogen) atoms. The van der Waals surface area contributed by atoms with Gasteiger partial charge in [0, 0.05) is 16.0 Å². The molecule has 0 aliphatic heterocycles. The van der Waals surface area contributed by atoms with Crippen molar-refractivity contribution in [2.45, 2.75) is 56.8 Å². The van der Waals surface area contributed by atoms with Gasteiger partial charge in [0.1, 0.15) is 10.8 Å². The third kappa shape index (κ3) is 3.71. The van der Waals surface area contributed by atoms with E-state index in [9.17, 15) is 8.42 Å². The first-order valence-electron chi connectivity index (χ1n) is 5.89. The van der Waals surface area contributed by atoms with Crippen LogP contribution in [0.5, 0.6) is 0 Å². The largest absolute Gasteiger partial charge is 0.244 e. The minimum atomic E-state index is -3.09. The van der Waals surface area contributed by atoms with E-state index in [0.717, 1.165) is 10.6 Å². The fourth-order valence-electron chi connectivity index (χ4n) is 1.49. The Morgan fingerprint density at radius 2 is 1.89 bits per heavy atom. The number of thiol groups is 1. The van der Waals surface area contributed by atoms with E-state index < -0.39 is 9.84 Å². The van der Waals surface area contributed by atoms with E-state index in [1.165, 1.54) is 11.3 Å². The zero-order valence-corrected chi connectivity index (χ0v) is 14.0. The van der Waals surface area contributed by atoms with Crippen LogP contribution in [0.4, 0.5) is 0 Å². The van der Waals surface area contributed by atoms with Crippen LogP contribution in [0.25, 0.3) is 0 Å². The Labute approximate surface area is 119 Å². The van der Waals surface area contributed by atoms with Gasteiger partial charge in [-0.2, -0.15) is 12.6 Å². The maximum atomic E-state index is 11.9. The molecule has 0 amide bonds. The molecule has 0 atom stereocenters. The normalized spacial score (nSPS) is 13.3. The lowest BCUT2D eigenvalue weighted by atomic mass is 9.91. The summed E-state index contributed by atoms with van der Waals surface area (Å²) in [6, 6.07) is 0. The summed E-state index contributed by atoms with van der Waals surface area (Å²) in [4.78, 5) is 5.58. The number of sulfone groups is 1. The van der Waals surface area contributed by atoms with E-state index >= 15 is 0 Å². The number of thiazole rings is 1. The molecule has 0 aliphatic rings. The summed E-state index contributed by atoms with van der Waals surface area (Å²) in [5, 5.41) is 0.316. The number of rotatable bonds is 4. The third-order valence-corrected chi connectivity index (χ3v) is 6.52. The SMILES string of the molecule is CC(C)S(=O)(=O)Cc1nc(C(C)(C)C)c(CS)s1. The highest BCUT2D eigenvalue weighted by Gasteiger charge is 2.25. The van der Waals surface area contributed by atoms with Crippen LogP contribution in [-0.2, 0) is 26.8 Å². The second kappa shape index (κ2) is 5.51. The van der Waals surface area contributed by atoms with Gasteiger partial charge in [-0.3, -0.25) is 0 Å². The second-order valence-electron chi connectivity index (χ2n) is 5.64. The lowest BCUT2D eigenvalue weighted by Crippen LogP contribution is -2.17. The molecule has 0 saturated carbocycles. The first kappa shape index (κ1) is 16.0. The minimum absolute atomic E-state index is 0.0339. The van der Waals surface area contributed by atoms with Crippen LogP contribution in [0.3, 0.4) is 0 Å². The van der Waals surface area contributed by atoms with Crippen molar-refractivity contribution in [3.05, 3.63) is 15.6 Å². The Morgan fingerprint density at radius 3 is 2.22 bits per heavy atom. The summed E-state index contributed by atoms with van der Waals surface area (Å²) in [7, 11) is -3.09. The Morgan fingerprint density at radius 1 is 1.33 bits per heavy atom. The molecule has 0 aromatic carbocycles. The molecule has 104 valence electrons. The fraction of sp³-hybridized carbons (Fsp3) is 0.750. The molecular formula is C12H21NO2S3. The molecule has 1 heterocycles. The van der Waals surface area contributed by atoms with Gasteiger partial charge in [-0.25, -0.2) is 13.4 Å². The molecule has 0 unspecified atom stereocenters. The van der Waals surface area contributed by atoms with Crippen molar-refractivity contribution in [1.82, 2.24) is 4.98 Å². The molecule has 1 rings (SSSR count). The summed E-state index contributed by atoms with van der Waals surface area (Å²) >= 11 is 5.76. The summed E-state index contributed by atoms with van der Waals surface area (Å²) in [6.07, 6.45) is 0. The lowest BCUT2D eigenvalue weighted by molar-refractivity contribution is 0.565. The smallest absolute Gasteiger partial charge is 0.159 e. The highest BCUT2D eigenvalue weighted by Crippen LogP contribution is 2.31. The van der Waals surface area contributed by atoms with Crippen LogP contribution in [0.1, 0.15) is 50.2 Å². The molecule has 3 nitrogen and oxygen atoms in total. The third-order valence-electron chi connectivity index (χ3n) is 2.64. The van der Waals surface area contributed by atoms with Crippen molar-refractivity contribution in [2.75, 3.05) is 0 Å². The van der Waals surface area contributed by atoms with E-state index in [-0.39, 0.29) is 16.4 Å². The second-order valence-corrected chi connectivity index (χ2v) is 9.69. The van der Waals surface area contributed by atoms with Crippen LogP contribution in [0.15, 0.2) is 0 Å². The van der Waals surface area contributed by atoms with Gasteiger partial charge in [0.25, 0.3) is 0 Å². The quantitative estimate of drug-likeness (QED) is 0.869. The Kier molecular flexibility index (Phi) is 4.89. The minimum Gasteiger partial charge on any atom is -0.244 e. The van der Waals surface area contributed by atoms with Gasteiger partial charge >= 0.3 is 0 Å². The molecule has 1 aromatic rings. The summed E-state index contributed by atoms with van der Waals surface area (Å²) in [5.41, 5.74) is 0.894. The van der Waals surface area contributed by atoms with Crippen LogP contribution >= 0.6 is 24.0 Å². The predicted molar refractivity (Wildman–Crippen MR) is 81.3 cm³/mol. The van der Waals surface area contributed by atoms with E-state index in [1.807, 2.05) is 0 Å². The average molecular weight is 308 g/mol. The van der Waals surface area contributed by atoms with E-state index in [0.29, 0.717) is 10.8 Å². The number of nitrogens with zero attached hydrogens (tertiary/aromatic N) is 1. The maximum Gasteiger partial charge on any atom is 0.159 e. The van der Waals surface area contributed by atoms with Gasteiger partial charge in [0.2, 0.25) is 0 Å². The zero-order valence-electron chi connectivity index (χ0n) is 11.5. The first-order chi connectivity index (χ1) is 8.08. The maximum absolute atomic E-state index is 11.9. The molecule has 0 bridgehead atoms. The van der Waals surface area contributed by atoms with Crippen LogP contribution < -0.4 is 0 Å². The van der Waals surface area contributed by atoms with E-state index in [4.69, 9.17) is 0 Å². The fourth-order valence-corrected chi connectivity index (χ4v) is 4.24. The molecule has 0 saturated heterocycles. The van der Waals surface area contributed by atoms with Gasteiger partial charge in [0.05, 0.1) is 10.9 Å². The summed E-state index contributed by atoms with van der Waals surface area (Å²) in [6.45, 7) is 9.64. The van der Waals surface area contributed by atoms with E-state index in [2.05, 4.69) is 38.4 Å². The van der Waals surface area contributed by atoms with Gasteiger partial charge in [-0.1, -0.05) is 20.8 Å². The predicted octanol–water partition coefficient (Wildman–Crippen LogP) is 3.19. The number of aromatic nitrogens is 1. The Bertz CT molecular complexity index is 510. The van der Waals surface area contributed by atoms with Crippen molar-refractivity contribution in [2.24, 2.45) is 0 Å². The Balaban J connectivity index is 3.11. The molecular weight excluding hydrogens is 286 g/mol. The Hall–Kier alpha value is -0.0700. The summed E-state index contributed by atoms with van der Waals surface area (Å²) in [5.74, 6) is 0.637. The molecule has 0 radical (unpaired) electrons. The van der Waals surface area contributed by atoms with Crippen molar-refractivity contribution in [1.29, 1.82) is 0 Å². The monoisotopic (exact) mass is 307 g/mol. The van der Waals surface area contributed by atoms with Crippen molar-refractivity contribution < 1.29 is 8.42 Å². The molecule has 6 heteroatoms. The van der Waals surface area contributed by atoms with Gasteiger partial charge in [0.15, 0.2) is 9.84 Å². The topological polar surface area (TPSA) is 47.0 Å². The highest BCUT2D eigenvalue weighted by atomic mass is 32.2. The molecule has 0 aliphatic carbocycles. The lowest BCUT2D eigenvalue weighted by Gasteiger charge is -2.16. The standard InChI is InChI=1S/C12H21NO2S3/c1-8(2)18(14,15)7-10-13-11(12(3,4)5)9(6-16)17-10/h8,16H,6-7H2,1-5H3. The van der Waals surface area contributed by atoms with Crippen LogP contribution in [0.2, 0.25) is 0 Å². The average Bonchev–Trinajstić information content (AvgIpc) is 2.59. The first-order valence-corrected chi connectivity index (χ1v) is 9.06. The van der Waals surface area contributed by atoms with Gasteiger partial charge < -0.3 is 0 Å². The zero-order chi connectivity index (χ0) is 14.1. The van der Waals surface area contributed by atoms with Gasteiger partial charge in [-0.05, 0) is 13.8 Å². The van der Waals surface area contributed by atoms with Crippen LogP contribution in [0, 0.1) is 0 Å². The van der Waals surface area contributed by atoms with Crippen molar-refractivity contribution >= 4 is 33.8 Å². The highest BCUT2D eigenvalue weighted by molar-refractivity contribution is 7.91. The molecule has 0 N–H and O–H groups in total. The van der Waals surface area contributed by atoms with E-state index in [1.54, 1.807) is 13.8 Å². The van der Waals surface area contributed by atoms with Crippen LogP contribution in [-0.4, -0.2) is 18.7 Å². The molecule has 1 aromatic heterocycles. The van der Waals surface area contributed by atoms with Crippen molar-refractivity contribution in [3.63, 3.8) is 0 Å².